The van der Waals surface area contributed by atoms with Gasteiger partial charge in [0.05, 0.1) is 5.41 Å². The first-order chi connectivity index (χ1) is 9.58. The highest BCUT2D eigenvalue weighted by atomic mass is 35.5. The maximum Gasteiger partial charge on any atom is 0.285 e. The van der Waals surface area contributed by atoms with Crippen LogP contribution in [0.25, 0.3) is 0 Å². The summed E-state index contributed by atoms with van der Waals surface area (Å²) in [5, 5.41) is 3.20. The fourth-order valence-corrected chi connectivity index (χ4v) is 2.49. The smallest absolute Gasteiger partial charge is 0.285 e. The summed E-state index contributed by atoms with van der Waals surface area (Å²) in [5.74, 6) is -1.30. The molecule has 5 N–H and O–H groups in total. The van der Waals surface area contributed by atoms with Gasteiger partial charge in [0.25, 0.3) is 5.91 Å². The van der Waals surface area contributed by atoms with Crippen molar-refractivity contribution in [2.45, 2.75) is 18.3 Å². The van der Waals surface area contributed by atoms with Gasteiger partial charge in [0, 0.05) is 0 Å². The van der Waals surface area contributed by atoms with E-state index in [0.29, 0.717) is 12.8 Å². The lowest BCUT2D eigenvalue weighted by Gasteiger charge is -2.35. The number of carbonyl (C=O) groups is 3. The van der Waals surface area contributed by atoms with Gasteiger partial charge in [0.15, 0.2) is 0 Å². The number of benzene rings is 1. The molecule has 0 spiro atoms. The van der Waals surface area contributed by atoms with Crippen LogP contribution < -0.4 is 16.8 Å². The van der Waals surface area contributed by atoms with Gasteiger partial charge >= 0.3 is 0 Å². The number of amides is 2. The van der Waals surface area contributed by atoms with Crippen LogP contribution in [0.4, 0.5) is 0 Å². The number of carbonyl (C=O) groups excluding carboxylic acids is 3. The van der Waals surface area contributed by atoms with Crippen molar-refractivity contribution in [2.24, 2.45) is 11.5 Å². The Bertz CT molecular complexity index is 474. The van der Waals surface area contributed by atoms with E-state index in [4.69, 9.17) is 10.5 Å². The first kappa shape index (κ1) is 19.1. The summed E-state index contributed by atoms with van der Waals surface area (Å²) in [6, 6.07) is 9.45. The molecule has 1 aromatic carbocycles. The Morgan fingerprint density at radius 1 is 1.14 bits per heavy atom. The van der Waals surface area contributed by atoms with Crippen molar-refractivity contribution in [1.82, 2.24) is 5.32 Å². The van der Waals surface area contributed by atoms with Crippen molar-refractivity contribution in [3.05, 3.63) is 35.9 Å². The molecule has 0 bridgehead atoms. The van der Waals surface area contributed by atoms with Crippen molar-refractivity contribution in [1.29, 1.82) is 0 Å². The van der Waals surface area contributed by atoms with E-state index in [1.165, 1.54) is 0 Å². The van der Waals surface area contributed by atoms with Crippen LogP contribution in [0.3, 0.4) is 0 Å². The molecule has 21 heavy (non-hydrogen) atoms. The minimum atomic E-state index is -0.837. The molecule has 1 aromatic rings. The number of primary amides is 2. The second kappa shape index (κ2) is 9.10. The van der Waals surface area contributed by atoms with Crippen LogP contribution in [0.5, 0.6) is 0 Å². The van der Waals surface area contributed by atoms with Crippen molar-refractivity contribution in [2.75, 3.05) is 13.1 Å². The predicted molar refractivity (Wildman–Crippen MR) is 81.9 cm³/mol. The molecule has 0 aromatic heterocycles. The summed E-state index contributed by atoms with van der Waals surface area (Å²) in [7, 11) is 0. The summed E-state index contributed by atoms with van der Waals surface area (Å²) in [6.45, 7) is 1.46. The summed E-state index contributed by atoms with van der Waals surface area (Å²) >= 11 is 0. The summed E-state index contributed by atoms with van der Waals surface area (Å²) in [4.78, 5) is 31.9. The number of ketones is 1. The van der Waals surface area contributed by atoms with Crippen molar-refractivity contribution in [3.63, 3.8) is 0 Å². The van der Waals surface area contributed by atoms with Gasteiger partial charge in [0.2, 0.25) is 12.2 Å². The van der Waals surface area contributed by atoms with E-state index in [1.54, 1.807) is 0 Å². The van der Waals surface area contributed by atoms with Crippen molar-refractivity contribution in [3.8, 4) is 0 Å². The molecule has 116 valence electrons. The number of nitrogens with one attached hydrogen (secondary N) is 1. The first-order valence-corrected chi connectivity index (χ1v) is 6.34. The molecule has 0 atom stereocenters. The highest BCUT2D eigenvalue weighted by Crippen LogP contribution is 2.34. The summed E-state index contributed by atoms with van der Waals surface area (Å²) in [5.41, 5.74) is 9.52. The molecule has 0 unspecified atom stereocenters. The molecule has 1 aliphatic heterocycles. The van der Waals surface area contributed by atoms with Gasteiger partial charge in [-0.1, -0.05) is 30.3 Å². The average Bonchev–Trinajstić information content (AvgIpc) is 2.49. The van der Waals surface area contributed by atoms with Gasteiger partial charge in [-0.3, -0.25) is 14.4 Å². The molecule has 2 rings (SSSR count). The van der Waals surface area contributed by atoms with Gasteiger partial charge in [0.1, 0.15) is 0 Å². The number of piperidine rings is 1. The Morgan fingerprint density at radius 2 is 1.62 bits per heavy atom. The Kier molecular flexibility index (Phi) is 8.26. The monoisotopic (exact) mass is 313 g/mol. The minimum absolute atomic E-state index is 0. The van der Waals surface area contributed by atoms with E-state index in [1.807, 2.05) is 30.3 Å². The topological polar surface area (TPSA) is 115 Å². The van der Waals surface area contributed by atoms with Crippen LogP contribution in [-0.2, 0) is 19.8 Å². The van der Waals surface area contributed by atoms with Gasteiger partial charge in [-0.2, -0.15) is 0 Å². The number of hydrogen-bond donors (Lipinski definition) is 3. The fourth-order valence-electron chi connectivity index (χ4n) is 2.49. The maximum absolute atomic E-state index is 12.1. The standard InChI is InChI=1S/C13H16N2O2.CH3NO.ClH/c14-12(17)11(16)13(6-8-15-9-7-13)10-4-2-1-3-5-10;2-1-3;/h1-5,15H,6-9H2,(H2,14,17);1H,(H2,2,3);1H. The van der Waals surface area contributed by atoms with E-state index < -0.39 is 17.1 Å². The number of rotatable bonds is 3. The molecular weight excluding hydrogens is 294 g/mol. The van der Waals surface area contributed by atoms with Gasteiger partial charge in [-0.25, -0.2) is 0 Å². The van der Waals surface area contributed by atoms with Gasteiger partial charge in [-0.05, 0) is 31.5 Å². The summed E-state index contributed by atoms with van der Waals surface area (Å²) in [6.07, 6.45) is 1.50. The molecular formula is C14H20ClN3O3. The zero-order chi connectivity index (χ0) is 15.0. The molecule has 1 saturated heterocycles. The molecule has 1 fully saturated rings. The molecule has 1 aliphatic rings. The average molecular weight is 314 g/mol. The second-order valence-corrected chi connectivity index (χ2v) is 4.53. The highest BCUT2D eigenvalue weighted by Gasteiger charge is 2.43. The predicted octanol–water partition coefficient (Wildman–Crippen LogP) is -0.114. The molecule has 2 amide bonds. The molecule has 0 aliphatic carbocycles. The van der Waals surface area contributed by atoms with Crippen molar-refractivity contribution >= 4 is 30.5 Å². The quantitative estimate of drug-likeness (QED) is 0.533. The molecule has 1 heterocycles. The molecule has 0 radical (unpaired) electrons. The zero-order valence-electron chi connectivity index (χ0n) is 11.6. The van der Waals surface area contributed by atoms with Crippen LogP contribution in [0, 0.1) is 0 Å². The lowest BCUT2D eigenvalue weighted by Crippen LogP contribution is -2.50. The van der Waals surface area contributed by atoms with E-state index in [-0.39, 0.29) is 18.8 Å². The van der Waals surface area contributed by atoms with E-state index in [9.17, 15) is 9.59 Å². The number of halogens is 1. The lowest BCUT2D eigenvalue weighted by molar-refractivity contribution is -0.140. The fraction of sp³-hybridized carbons (Fsp3) is 0.357. The maximum atomic E-state index is 12.1. The van der Waals surface area contributed by atoms with Crippen LogP contribution >= 0.6 is 12.4 Å². The van der Waals surface area contributed by atoms with Gasteiger partial charge < -0.3 is 16.8 Å². The zero-order valence-corrected chi connectivity index (χ0v) is 12.4. The van der Waals surface area contributed by atoms with Crippen LogP contribution in [0.1, 0.15) is 18.4 Å². The van der Waals surface area contributed by atoms with Crippen molar-refractivity contribution < 1.29 is 14.4 Å². The third-order valence-corrected chi connectivity index (χ3v) is 3.44. The third kappa shape index (κ3) is 4.54. The number of Topliss-reactive ketones (excluding diaryl/α,β-unsaturated/α-hetero) is 1. The lowest BCUT2D eigenvalue weighted by atomic mass is 9.70. The molecule has 0 saturated carbocycles. The first-order valence-electron chi connectivity index (χ1n) is 6.34. The van der Waals surface area contributed by atoms with E-state index >= 15 is 0 Å². The van der Waals surface area contributed by atoms with E-state index in [0.717, 1.165) is 18.7 Å². The van der Waals surface area contributed by atoms with Crippen LogP contribution in [-0.4, -0.2) is 31.2 Å². The summed E-state index contributed by atoms with van der Waals surface area (Å²) < 4.78 is 0. The van der Waals surface area contributed by atoms with E-state index in [2.05, 4.69) is 11.1 Å². The Hall–Kier alpha value is -1.92. The normalized spacial score (nSPS) is 15.6. The largest absolute Gasteiger partial charge is 0.372 e. The SMILES string of the molecule is Cl.NC(=O)C(=O)C1(c2ccccc2)CCNCC1.NC=O. The third-order valence-electron chi connectivity index (χ3n) is 3.44. The highest BCUT2D eigenvalue weighted by molar-refractivity contribution is 6.39. The van der Waals surface area contributed by atoms with Crippen LogP contribution in [0.15, 0.2) is 30.3 Å². The Labute approximate surface area is 129 Å². The number of nitrogens with two attached hydrogens (primary N) is 2. The van der Waals surface area contributed by atoms with Gasteiger partial charge in [-0.15, -0.1) is 12.4 Å². The molecule has 7 heteroatoms. The van der Waals surface area contributed by atoms with Crippen LogP contribution in [0.2, 0.25) is 0 Å². The number of hydrogen-bond acceptors (Lipinski definition) is 4. The minimum Gasteiger partial charge on any atom is -0.372 e. The second-order valence-electron chi connectivity index (χ2n) is 4.53. The Morgan fingerprint density at radius 3 is 2.05 bits per heavy atom. The Balaban J connectivity index is 0.000000922. The molecule has 6 nitrogen and oxygen atoms in total.